The quantitative estimate of drug-likeness (QED) is 0.595. The maximum Gasteiger partial charge on any atom is 0.269 e. The lowest BCUT2D eigenvalue weighted by Gasteiger charge is -2.16. The number of hydrazine groups is 1. The number of hydrogen-bond donors (Lipinski definition) is 0. The molecular weight excluding hydrogens is 298 g/mol. The zero-order chi connectivity index (χ0) is 17.0. The lowest BCUT2D eigenvalue weighted by Crippen LogP contribution is -2.33. The normalized spacial score (nSPS) is 10.6. The van der Waals surface area contributed by atoms with Crippen LogP contribution in [0.4, 0.5) is 11.4 Å². The van der Waals surface area contributed by atoms with Gasteiger partial charge in [-0.3, -0.25) is 10.1 Å². The molecule has 0 unspecified atom stereocenters. The largest absolute Gasteiger partial charge is 0.269 e. The lowest BCUT2D eigenvalue weighted by molar-refractivity contribution is -0.495. The van der Waals surface area contributed by atoms with Crippen LogP contribution >= 0.6 is 0 Å². The van der Waals surface area contributed by atoms with Crippen molar-refractivity contribution < 1.29 is 9.96 Å². The van der Waals surface area contributed by atoms with Gasteiger partial charge in [0.25, 0.3) is 5.69 Å². The molecule has 120 valence electrons. The molecule has 0 aliphatic rings. The Morgan fingerprint density at radius 3 is 1.78 bits per heavy atom. The van der Waals surface area contributed by atoms with Gasteiger partial charge >= 0.3 is 0 Å². The molecule has 7 heteroatoms. The maximum absolute atomic E-state index is 11.2. The van der Waals surface area contributed by atoms with Gasteiger partial charge in [-0.1, -0.05) is 31.0 Å². The second kappa shape index (κ2) is 6.87. The Hall–Kier alpha value is -2.96. The van der Waals surface area contributed by atoms with Crippen LogP contribution in [0.5, 0.6) is 0 Å². The van der Waals surface area contributed by atoms with Crippen LogP contribution < -0.4 is 5.01 Å². The summed E-state index contributed by atoms with van der Waals surface area (Å²) in [7, 11) is 0. The molecule has 0 fully saturated rings. The predicted octanol–water partition coefficient (Wildman–Crippen LogP) is 3.92. The molecule has 2 aromatic rings. The summed E-state index contributed by atoms with van der Waals surface area (Å²) in [5.41, 5.74) is 2.20. The van der Waals surface area contributed by atoms with Crippen molar-refractivity contribution in [1.29, 1.82) is 0 Å². The minimum atomic E-state index is -0.451. The molecule has 23 heavy (non-hydrogen) atoms. The van der Waals surface area contributed by atoms with Crippen molar-refractivity contribution >= 4 is 11.4 Å². The van der Waals surface area contributed by atoms with Gasteiger partial charge in [-0.25, -0.2) is 10.1 Å². The fourth-order valence-corrected chi connectivity index (χ4v) is 2.21. The zero-order valence-corrected chi connectivity index (χ0v) is 12.9. The van der Waals surface area contributed by atoms with Crippen LogP contribution in [0.3, 0.4) is 0 Å². The first-order valence-electron chi connectivity index (χ1n) is 7.15. The first kappa shape index (κ1) is 16.4. The van der Waals surface area contributed by atoms with E-state index in [0.29, 0.717) is 12.2 Å². The summed E-state index contributed by atoms with van der Waals surface area (Å²) in [6.45, 7) is 4.16. The number of benzene rings is 2. The summed E-state index contributed by atoms with van der Waals surface area (Å²) >= 11 is 0. The van der Waals surface area contributed by atoms with Crippen molar-refractivity contribution in [3.8, 4) is 11.1 Å². The third-order valence-corrected chi connectivity index (χ3v) is 3.31. The van der Waals surface area contributed by atoms with Gasteiger partial charge in [0.15, 0.2) is 5.03 Å². The Balaban J connectivity index is 2.24. The van der Waals surface area contributed by atoms with Gasteiger partial charge in [-0.05, 0) is 41.3 Å². The van der Waals surface area contributed by atoms with Crippen LogP contribution in [-0.2, 0) is 0 Å². The topological polar surface area (TPSA) is 89.5 Å². The molecule has 0 aliphatic carbocycles. The van der Waals surface area contributed by atoms with Gasteiger partial charge in [0.1, 0.15) is 5.69 Å². The van der Waals surface area contributed by atoms with Crippen molar-refractivity contribution in [2.75, 3.05) is 11.6 Å². The molecule has 0 bridgehead atoms. The van der Waals surface area contributed by atoms with Gasteiger partial charge in [-0.2, -0.15) is 0 Å². The monoisotopic (exact) mass is 315 g/mol. The minimum absolute atomic E-state index is 0.0295. The summed E-state index contributed by atoms with van der Waals surface area (Å²) in [5, 5.41) is 22.5. The molecule has 0 saturated heterocycles. The second-order valence-electron chi connectivity index (χ2n) is 5.56. The molecule has 0 atom stereocenters. The number of nitro benzene ring substituents is 1. The number of nitrogens with zero attached hydrogens (tertiary/aromatic N) is 3. The van der Waals surface area contributed by atoms with Crippen LogP contribution in [0.25, 0.3) is 11.1 Å². The standard InChI is InChI=1S/C16H17N3O4/c1-12(2)11-17(19(22)23)15-7-3-13(4-8-15)14-5-9-16(10-6-14)18(20)21/h3-10,12H,11H2,1-2H3. The van der Waals surface area contributed by atoms with E-state index in [2.05, 4.69) is 0 Å². The molecule has 0 aromatic heterocycles. The summed E-state index contributed by atoms with van der Waals surface area (Å²) in [4.78, 5) is 21.4. The smallest absolute Gasteiger partial charge is 0.258 e. The number of nitro groups is 2. The SMILES string of the molecule is CC(C)CN(c1ccc(-c2ccc([N+](=O)[O-])cc2)cc1)[N+](=O)[O-]. The van der Waals surface area contributed by atoms with Crippen molar-refractivity contribution in [1.82, 2.24) is 0 Å². The highest BCUT2D eigenvalue weighted by Crippen LogP contribution is 2.25. The Morgan fingerprint density at radius 2 is 1.39 bits per heavy atom. The van der Waals surface area contributed by atoms with Gasteiger partial charge in [-0.15, -0.1) is 0 Å². The molecule has 0 saturated carbocycles. The van der Waals surface area contributed by atoms with Crippen LogP contribution in [0.15, 0.2) is 48.5 Å². The van der Waals surface area contributed by atoms with Gasteiger partial charge in [0.05, 0.1) is 11.5 Å². The molecule has 0 aliphatic heterocycles. The summed E-state index contributed by atoms with van der Waals surface area (Å²) in [6, 6.07) is 13.1. The van der Waals surface area contributed by atoms with E-state index < -0.39 is 9.96 Å². The maximum atomic E-state index is 11.2. The number of hydrogen-bond acceptors (Lipinski definition) is 4. The van der Waals surface area contributed by atoms with Gasteiger partial charge in [0.2, 0.25) is 0 Å². The lowest BCUT2D eigenvalue weighted by atomic mass is 10.0. The predicted molar refractivity (Wildman–Crippen MR) is 87.7 cm³/mol. The highest BCUT2D eigenvalue weighted by Gasteiger charge is 2.18. The second-order valence-corrected chi connectivity index (χ2v) is 5.56. The fourth-order valence-electron chi connectivity index (χ4n) is 2.21. The number of rotatable bonds is 6. The average molecular weight is 315 g/mol. The highest BCUT2D eigenvalue weighted by atomic mass is 16.7. The van der Waals surface area contributed by atoms with Crippen molar-refractivity contribution in [2.45, 2.75) is 13.8 Å². The van der Waals surface area contributed by atoms with E-state index in [4.69, 9.17) is 0 Å². The van der Waals surface area contributed by atoms with E-state index in [1.807, 2.05) is 13.8 Å². The Morgan fingerprint density at radius 1 is 0.913 bits per heavy atom. The fraction of sp³-hybridized carbons (Fsp3) is 0.250. The van der Waals surface area contributed by atoms with Crippen LogP contribution in [0.2, 0.25) is 0 Å². The van der Waals surface area contributed by atoms with Crippen molar-refractivity contribution in [3.63, 3.8) is 0 Å². The minimum Gasteiger partial charge on any atom is -0.258 e. The van der Waals surface area contributed by atoms with E-state index in [1.54, 1.807) is 36.4 Å². The zero-order valence-electron chi connectivity index (χ0n) is 12.9. The number of anilines is 1. The molecule has 0 N–H and O–H groups in total. The molecular formula is C16H17N3O4. The van der Waals surface area contributed by atoms with Crippen LogP contribution in [0.1, 0.15) is 13.8 Å². The first-order chi connectivity index (χ1) is 10.9. The van der Waals surface area contributed by atoms with Crippen LogP contribution in [-0.4, -0.2) is 16.5 Å². The highest BCUT2D eigenvalue weighted by molar-refractivity contribution is 5.67. The van der Waals surface area contributed by atoms with Crippen molar-refractivity contribution in [2.24, 2.45) is 5.92 Å². The van der Waals surface area contributed by atoms with E-state index in [-0.39, 0.29) is 11.6 Å². The third-order valence-electron chi connectivity index (χ3n) is 3.31. The molecule has 0 heterocycles. The average Bonchev–Trinajstić information content (AvgIpc) is 2.52. The van der Waals surface area contributed by atoms with E-state index in [0.717, 1.165) is 16.1 Å². The van der Waals surface area contributed by atoms with E-state index in [9.17, 15) is 20.2 Å². The first-order valence-corrected chi connectivity index (χ1v) is 7.15. The Labute approximate surface area is 133 Å². The molecule has 0 amide bonds. The molecule has 0 spiro atoms. The molecule has 2 aromatic carbocycles. The van der Waals surface area contributed by atoms with Crippen molar-refractivity contribution in [3.05, 3.63) is 68.8 Å². The van der Waals surface area contributed by atoms with Gasteiger partial charge in [0, 0.05) is 12.1 Å². The summed E-state index contributed by atoms with van der Waals surface area (Å²) < 4.78 is 0. The summed E-state index contributed by atoms with van der Waals surface area (Å²) in [6.07, 6.45) is 0. The Kier molecular flexibility index (Phi) is 4.90. The molecule has 0 radical (unpaired) electrons. The Bertz CT molecular complexity index is 696. The summed E-state index contributed by atoms with van der Waals surface area (Å²) in [5.74, 6) is 0.162. The molecule has 2 rings (SSSR count). The van der Waals surface area contributed by atoms with Crippen LogP contribution in [0, 0.1) is 26.1 Å². The van der Waals surface area contributed by atoms with E-state index in [1.165, 1.54) is 12.1 Å². The van der Waals surface area contributed by atoms with Gasteiger partial charge < -0.3 is 0 Å². The molecule has 7 nitrogen and oxygen atoms in total. The van der Waals surface area contributed by atoms with E-state index >= 15 is 0 Å². The third kappa shape index (κ3) is 4.03. The number of non-ortho nitro benzene ring substituents is 1.